The number of hydrogen-bond acceptors (Lipinski definition) is 1. The lowest BCUT2D eigenvalue weighted by atomic mass is 9.67. The van der Waals surface area contributed by atoms with E-state index in [1.807, 2.05) is 0 Å². The molecule has 0 aromatic heterocycles. The predicted octanol–water partition coefficient (Wildman–Crippen LogP) is 14.6. The smallest absolute Gasteiger partial charge is 0.0714 e. The maximum Gasteiger partial charge on any atom is 0.0714 e. The highest BCUT2D eigenvalue weighted by molar-refractivity contribution is 6.04. The van der Waals surface area contributed by atoms with Crippen LogP contribution in [0.15, 0.2) is 212 Å². The summed E-state index contributed by atoms with van der Waals surface area (Å²) in [6.07, 6.45) is 0. The van der Waals surface area contributed by atoms with Gasteiger partial charge in [-0.3, -0.25) is 0 Å². The van der Waals surface area contributed by atoms with Crippen molar-refractivity contribution in [1.29, 1.82) is 0 Å². The van der Waals surface area contributed by atoms with E-state index in [9.17, 15) is 0 Å². The maximum absolute atomic E-state index is 2.46. The lowest BCUT2D eigenvalue weighted by Gasteiger charge is -2.34. The molecule has 2 aliphatic rings. The van der Waals surface area contributed by atoms with Crippen LogP contribution in [0.25, 0.3) is 44.2 Å². The largest absolute Gasteiger partial charge is 0.310 e. The Labute approximate surface area is 335 Å². The minimum atomic E-state index is -0.512. The van der Waals surface area contributed by atoms with Crippen molar-refractivity contribution in [3.8, 4) is 33.4 Å². The summed E-state index contributed by atoms with van der Waals surface area (Å²) in [7, 11) is 0. The highest BCUT2D eigenvalue weighted by Crippen LogP contribution is 2.58. The fourth-order valence-electron chi connectivity index (χ4n) is 10.2. The van der Waals surface area contributed by atoms with Gasteiger partial charge in [0.1, 0.15) is 0 Å². The maximum atomic E-state index is 2.46. The first-order valence-electron chi connectivity index (χ1n) is 20.0. The third-order valence-corrected chi connectivity index (χ3v) is 12.7. The second-order valence-electron chi connectivity index (χ2n) is 16.0. The molecule has 0 spiro atoms. The SMILES string of the molecule is CC1(C)c2ccccc2-c2cc(N(c3ccccc3)c3ccccc3-c3cccc(C4(c5ccccc5)c5ccccc5-c5c4ccc4ccccc54)c3)ccc21. The van der Waals surface area contributed by atoms with Crippen molar-refractivity contribution in [2.75, 3.05) is 4.90 Å². The van der Waals surface area contributed by atoms with Crippen LogP contribution in [0.1, 0.15) is 47.2 Å². The topological polar surface area (TPSA) is 3.24 Å². The first kappa shape index (κ1) is 33.4. The standard InChI is InChI=1S/C56H41N/c1-55(2)49-29-14-11-27-46(49)48-37-43(33-35-50(48)55)57(42-23-7-4-8-24-42)53-31-16-13-25-44(53)39-19-17-22-41(36-39)56(40-20-5-3-6-21-40)51-30-15-12-28-47(51)54-45-26-10-9-18-38(45)32-34-52(54)56/h3-37H,1-2H3. The van der Waals surface area contributed by atoms with Gasteiger partial charge in [-0.1, -0.05) is 190 Å². The van der Waals surface area contributed by atoms with Crippen LogP contribution in [-0.2, 0) is 10.8 Å². The van der Waals surface area contributed by atoms with Gasteiger partial charge in [0.25, 0.3) is 0 Å². The van der Waals surface area contributed by atoms with Crippen molar-refractivity contribution in [3.05, 3.63) is 246 Å². The molecule has 0 aliphatic heterocycles. The molecule has 0 saturated carbocycles. The zero-order chi connectivity index (χ0) is 38.1. The highest BCUT2D eigenvalue weighted by Gasteiger charge is 2.46. The third kappa shape index (κ3) is 4.89. The number of benzene rings is 9. The Hall–Kier alpha value is -6.96. The molecule has 0 radical (unpaired) electrons. The molecule has 1 atom stereocenters. The van der Waals surface area contributed by atoms with Crippen LogP contribution in [0.5, 0.6) is 0 Å². The second kappa shape index (κ2) is 12.8. The van der Waals surface area contributed by atoms with E-state index < -0.39 is 5.41 Å². The van der Waals surface area contributed by atoms with Gasteiger partial charge in [0.2, 0.25) is 0 Å². The van der Waals surface area contributed by atoms with Crippen LogP contribution in [0.4, 0.5) is 17.1 Å². The monoisotopic (exact) mass is 727 g/mol. The second-order valence-corrected chi connectivity index (χ2v) is 16.0. The average Bonchev–Trinajstić information content (AvgIpc) is 3.71. The predicted molar refractivity (Wildman–Crippen MR) is 239 cm³/mol. The molecule has 57 heavy (non-hydrogen) atoms. The van der Waals surface area contributed by atoms with Gasteiger partial charge in [-0.05, 0) is 108 Å². The van der Waals surface area contributed by atoms with Crippen molar-refractivity contribution in [3.63, 3.8) is 0 Å². The quantitative estimate of drug-likeness (QED) is 0.165. The van der Waals surface area contributed by atoms with Crippen molar-refractivity contribution in [1.82, 2.24) is 0 Å². The van der Waals surface area contributed by atoms with E-state index in [1.54, 1.807) is 0 Å². The molecule has 0 saturated heterocycles. The summed E-state index contributed by atoms with van der Waals surface area (Å²) < 4.78 is 0. The minimum absolute atomic E-state index is 0.0567. The zero-order valence-corrected chi connectivity index (χ0v) is 32.2. The Balaban J connectivity index is 1.14. The summed E-state index contributed by atoms with van der Waals surface area (Å²) in [4.78, 5) is 2.44. The van der Waals surface area contributed by atoms with Gasteiger partial charge in [0.05, 0.1) is 11.1 Å². The van der Waals surface area contributed by atoms with E-state index in [0.29, 0.717) is 0 Å². The molecule has 2 aliphatic carbocycles. The lowest BCUT2D eigenvalue weighted by molar-refractivity contribution is 0.660. The average molecular weight is 728 g/mol. The normalized spacial score (nSPS) is 15.8. The lowest BCUT2D eigenvalue weighted by Crippen LogP contribution is -2.28. The van der Waals surface area contributed by atoms with Gasteiger partial charge >= 0.3 is 0 Å². The van der Waals surface area contributed by atoms with Crippen molar-refractivity contribution in [2.45, 2.75) is 24.7 Å². The minimum Gasteiger partial charge on any atom is -0.310 e. The van der Waals surface area contributed by atoms with Crippen LogP contribution < -0.4 is 4.90 Å². The van der Waals surface area contributed by atoms with Gasteiger partial charge in [0.15, 0.2) is 0 Å². The van der Waals surface area contributed by atoms with Crippen molar-refractivity contribution in [2.24, 2.45) is 0 Å². The number of rotatable bonds is 6. The zero-order valence-electron chi connectivity index (χ0n) is 32.2. The Bertz CT molecular complexity index is 2990. The molecule has 1 nitrogen and oxygen atoms in total. The van der Waals surface area contributed by atoms with E-state index in [0.717, 1.165) is 17.1 Å². The summed E-state index contributed by atoms with van der Waals surface area (Å²) in [5.74, 6) is 0. The van der Waals surface area contributed by atoms with E-state index in [4.69, 9.17) is 0 Å². The van der Waals surface area contributed by atoms with Gasteiger partial charge in [-0.2, -0.15) is 0 Å². The summed E-state index contributed by atoms with van der Waals surface area (Å²) in [5, 5.41) is 2.55. The molecular formula is C56H41N. The first-order chi connectivity index (χ1) is 28.0. The van der Waals surface area contributed by atoms with Crippen LogP contribution >= 0.6 is 0 Å². The van der Waals surface area contributed by atoms with Crippen LogP contribution in [0.2, 0.25) is 0 Å². The van der Waals surface area contributed by atoms with Gasteiger partial charge in [-0.25, -0.2) is 0 Å². The van der Waals surface area contributed by atoms with E-state index in [-0.39, 0.29) is 5.41 Å². The molecule has 9 aromatic carbocycles. The fraction of sp³-hybridized carbons (Fsp3) is 0.0714. The van der Waals surface area contributed by atoms with E-state index >= 15 is 0 Å². The molecule has 0 N–H and O–H groups in total. The molecule has 0 amide bonds. The number of nitrogens with zero attached hydrogens (tertiary/aromatic N) is 1. The van der Waals surface area contributed by atoms with Crippen LogP contribution in [0.3, 0.4) is 0 Å². The molecule has 270 valence electrons. The number of fused-ring (bicyclic) bond motifs is 8. The third-order valence-electron chi connectivity index (χ3n) is 12.7. The summed E-state index contributed by atoms with van der Waals surface area (Å²) >= 11 is 0. The molecule has 0 fully saturated rings. The van der Waals surface area contributed by atoms with Crippen LogP contribution in [-0.4, -0.2) is 0 Å². The van der Waals surface area contributed by atoms with Crippen LogP contribution in [0, 0.1) is 0 Å². The van der Waals surface area contributed by atoms with E-state index in [1.165, 1.54) is 77.5 Å². The molecule has 0 heterocycles. The van der Waals surface area contributed by atoms with Crippen molar-refractivity contribution >= 4 is 27.8 Å². The Morgan fingerprint density at radius 3 is 1.81 bits per heavy atom. The van der Waals surface area contributed by atoms with Gasteiger partial charge in [0, 0.05) is 22.4 Å². The molecule has 0 bridgehead atoms. The summed E-state index contributed by atoms with van der Waals surface area (Å²) in [5.41, 5.74) is 18.4. The molecule has 11 rings (SSSR count). The number of hydrogen-bond donors (Lipinski definition) is 0. The highest BCUT2D eigenvalue weighted by atomic mass is 15.1. The number of anilines is 3. The van der Waals surface area contributed by atoms with Gasteiger partial charge in [-0.15, -0.1) is 0 Å². The molecule has 1 heteroatoms. The molecule has 1 unspecified atom stereocenters. The Morgan fingerprint density at radius 1 is 0.368 bits per heavy atom. The Kier molecular flexibility index (Phi) is 7.50. The number of para-hydroxylation sites is 2. The van der Waals surface area contributed by atoms with Gasteiger partial charge < -0.3 is 4.90 Å². The Morgan fingerprint density at radius 2 is 0.982 bits per heavy atom. The molecule has 9 aromatic rings. The summed E-state index contributed by atoms with van der Waals surface area (Å²) in [6.45, 7) is 4.70. The molecular weight excluding hydrogens is 687 g/mol. The summed E-state index contributed by atoms with van der Waals surface area (Å²) in [6, 6.07) is 78.8. The van der Waals surface area contributed by atoms with E-state index in [2.05, 4.69) is 231 Å². The van der Waals surface area contributed by atoms with Crippen molar-refractivity contribution < 1.29 is 0 Å². The fourth-order valence-corrected chi connectivity index (χ4v) is 10.2. The first-order valence-corrected chi connectivity index (χ1v) is 20.0.